The summed E-state index contributed by atoms with van der Waals surface area (Å²) < 4.78 is 5.45. The van der Waals surface area contributed by atoms with Crippen molar-refractivity contribution in [1.29, 1.82) is 0 Å². The Morgan fingerprint density at radius 3 is 2.31 bits per heavy atom. The maximum absolute atomic E-state index is 12.8. The number of amides is 3. The number of hydrogen-bond acceptors (Lipinski definition) is 7. The summed E-state index contributed by atoms with van der Waals surface area (Å²) in [5.74, 6) is -0.522. The maximum Gasteiger partial charge on any atom is 0.416 e. The highest BCUT2D eigenvalue weighted by Gasteiger charge is 2.48. The van der Waals surface area contributed by atoms with Gasteiger partial charge >= 0.3 is 6.09 Å². The molecule has 2 aromatic heterocycles. The minimum Gasteiger partial charge on any atom is -0.391 e. The van der Waals surface area contributed by atoms with Crippen LogP contribution in [0.4, 0.5) is 10.5 Å². The van der Waals surface area contributed by atoms with Crippen molar-refractivity contribution in [3.63, 3.8) is 0 Å². The largest absolute Gasteiger partial charge is 0.416 e. The van der Waals surface area contributed by atoms with E-state index < -0.39 is 6.09 Å². The maximum atomic E-state index is 12.8. The molecule has 1 aliphatic carbocycles. The van der Waals surface area contributed by atoms with Crippen LogP contribution in [0.3, 0.4) is 0 Å². The molecule has 5 rings (SSSR count). The molecular formula is C26H31N5O4. The van der Waals surface area contributed by atoms with Gasteiger partial charge in [-0.2, -0.15) is 0 Å². The van der Waals surface area contributed by atoms with Gasteiger partial charge in [-0.15, -0.1) is 0 Å². The molecule has 0 bridgehead atoms. The van der Waals surface area contributed by atoms with Crippen LogP contribution in [-0.2, 0) is 16.0 Å². The zero-order valence-corrected chi connectivity index (χ0v) is 19.8. The average molecular weight is 478 g/mol. The lowest BCUT2D eigenvalue weighted by atomic mass is 9.81. The van der Waals surface area contributed by atoms with Crippen LogP contribution in [0.2, 0.25) is 0 Å². The molecule has 2 saturated heterocycles. The first-order valence-corrected chi connectivity index (χ1v) is 12.5. The molecule has 4 heterocycles. The normalized spacial score (nSPS) is 22.9. The fourth-order valence-corrected chi connectivity index (χ4v) is 5.32. The smallest absolute Gasteiger partial charge is 0.391 e. The summed E-state index contributed by atoms with van der Waals surface area (Å²) in [6, 6.07) is 9.15. The fourth-order valence-electron chi connectivity index (χ4n) is 5.32. The van der Waals surface area contributed by atoms with Crippen molar-refractivity contribution in [2.45, 2.75) is 38.5 Å². The van der Waals surface area contributed by atoms with Gasteiger partial charge in [0.05, 0.1) is 23.7 Å². The highest BCUT2D eigenvalue weighted by atomic mass is 16.6. The summed E-state index contributed by atoms with van der Waals surface area (Å²) in [6.45, 7) is 3.76. The lowest BCUT2D eigenvalue weighted by Crippen LogP contribution is -2.49. The minimum absolute atomic E-state index is 0.135. The van der Waals surface area contributed by atoms with Crippen molar-refractivity contribution in [1.82, 2.24) is 19.8 Å². The van der Waals surface area contributed by atoms with Gasteiger partial charge in [0, 0.05) is 44.1 Å². The molecule has 0 aromatic carbocycles. The standard InChI is InChI=1S/C26H31N5O4/c32-24-21-8-1-2-9-22(21)25(33)31(24)20-10-11-23(28-18-20)35-26(34)30-16-14-29(15-17-30)13-5-7-19-6-3-4-12-27-19/h3-4,6,10-12,18,21-22H,1-2,5,7-9,13-17H2. The Labute approximate surface area is 205 Å². The summed E-state index contributed by atoms with van der Waals surface area (Å²) in [6.07, 6.45) is 8.31. The van der Waals surface area contributed by atoms with Gasteiger partial charge in [-0.25, -0.2) is 14.7 Å². The summed E-state index contributed by atoms with van der Waals surface area (Å²) in [7, 11) is 0. The van der Waals surface area contributed by atoms with E-state index in [0.29, 0.717) is 18.8 Å². The zero-order valence-electron chi connectivity index (χ0n) is 19.8. The van der Waals surface area contributed by atoms with Gasteiger partial charge in [0.1, 0.15) is 0 Å². The molecule has 9 nitrogen and oxygen atoms in total. The van der Waals surface area contributed by atoms with E-state index in [0.717, 1.165) is 63.9 Å². The van der Waals surface area contributed by atoms with Crippen molar-refractivity contribution >= 4 is 23.6 Å². The molecule has 3 aliphatic rings. The Bertz CT molecular complexity index is 1030. The highest BCUT2D eigenvalue weighted by molar-refractivity contribution is 6.22. The fraction of sp³-hybridized carbons (Fsp3) is 0.500. The number of aromatic nitrogens is 2. The summed E-state index contributed by atoms with van der Waals surface area (Å²) >= 11 is 0. The number of pyridine rings is 2. The van der Waals surface area contributed by atoms with E-state index in [1.807, 2.05) is 24.4 Å². The van der Waals surface area contributed by atoms with Crippen molar-refractivity contribution in [3.05, 3.63) is 48.4 Å². The van der Waals surface area contributed by atoms with Crippen LogP contribution in [-0.4, -0.2) is 70.4 Å². The monoisotopic (exact) mass is 477 g/mol. The van der Waals surface area contributed by atoms with Gasteiger partial charge in [0.25, 0.3) is 0 Å². The predicted octanol–water partition coefficient (Wildman–Crippen LogP) is 2.91. The van der Waals surface area contributed by atoms with Gasteiger partial charge in [-0.1, -0.05) is 18.9 Å². The Hall–Kier alpha value is -3.33. The molecule has 2 aliphatic heterocycles. The van der Waals surface area contributed by atoms with Crippen molar-refractivity contribution in [2.24, 2.45) is 11.8 Å². The number of nitrogens with zero attached hydrogens (tertiary/aromatic N) is 5. The minimum atomic E-state index is -0.433. The van der Waals surface area contributed by atoms with Gasteiger partial charge in [0.15, 0.2) is 0 Å². The second kappa shape index (κ2) is 10.5. The lowest BCUT2D eigenvalue weighted by molar-refractivity contribution is -0.122. The van der Waals surface area contributed by atoms with E-state index in [1.165, 1.54) is 11.1 Å². The number of piperazine rings is 1. The van der Waals surface area contributed by atoms with Crippen LogP contribution >= 0.6 is 0 Å². The number of hydrogen-bond donors (Lipinski definition) is 0. The molecule has 1 saturated carbocycles. The van der Waals surface area contributed by atoms with Crippen LogP contribution < -0.4 is 9.64 Å². The number of carbonyl (C=O) groups is 3. The van der Waals surface area contributed by atoms with E-state index in [4.69, 9.17) is 4.74 Å². The predicted molar refractivity (Wildman–Crippen MR) is 129 cm³/mol. The molecular weight excluding hydrogens is 446 g/mol. The third-order valence-corrected chi connectivity index (χ3v) is 7.28. The summed E-state index contributed by atoms with van der Waals surface area (Å²) in [4.78, 5) is 52.0. The topological polar surface area (TPSA) is 95.9 Å². The average Bonchev–Trinajstić information content (AvgIpc) is 3.15. The summed E-state index contributed by atoms with van der Waals surface area (Å²) in [5, 5.41) is 0. The van der Waals surface area contributed by atoms with Gasteiger partial charge in [-0.3, -0.25) is 19.5 Å². The number of carbonyl (C=O) groups excluding carboxylic acids is 3. The number of rotatable bonds is 6. The molecule has 2 aromatic rings. The molecule has 0 N–H and O–H groups in total. The van der Waals surface area contributed by atoms with E-state index >= 15 is 0 Å². The van der Waals surface area contributed by atoms with E-state index in [2.05, 4.69) is 14.9 Å². The number of aryl methyl sites for hydroxylation is 1. The van der Waals surface area contributed by atoms with Crippen LogP contribution in [0.25, 0.3) is 0 Å². The second-order valence-corrected chi connectivity index (χ2v) is 9.49. The molecule has 35 heavy (non-hydrogen) atoms. The highest BCUT2D eigenvalue weighted by Crippen LogP contribution is 2.40. The van der Waals surface area contributed by atoms with Gasteiger partial charge in [-0.05, 0) is 50.4 Å². The van der Waals surface area contributed by atoms with Crippen molar-refractivity contribution < 1.29 is 19.1 Å². The van der Waals surface area contributed by atoms with Gasteiger partial charge < -0.3 is 9.64 Å². The number of imide groups is 1. The number of fused-ring (bicyclic) bond motifs is 1. The number of anilines is 1. The SMILES string of the molecule is O=C(Oc1ccc(N2C(=O)C3CCCCC3C2=O)cn1)N1CCN(CCCc2ccccn2)CC1. The van der Waals surface area contributed by atoms with Crippen molar-refractivity contribution in [2.75, 3.05) is 37.6 Å². The third kappa shape index (κ3) is 5.19. The van der Waals surface area contributed by atoms with E-state index in [-0.39, 0.29) is 29.5 Å². The Morgan fingerprint density at radius 1 is 0.943 bits per heavy atom. The number of ether oxygens (including phenoxy) is 1. The van der Waals surface area contributed by atoms with Crippen LogP contribution in [0.1, 0.15) is 37.8 Å². The van der Waals surface area contributed by atoms with E-state index in [1.54, 1.807) is 17.0 Å². The zero-order chi connectivity index (χ0) is 24.2. The van der Waals surface area contributed by atoms with Crippen molar-refractivity contribution in [3.8, 4) is 5.88 Å². The molecule has 0 radical (unpaired) electrons. The molecule has 3 fully saturated rings. The van der Waals surface area contributed by atoms with Crippen LogP contribution in [0.15, 0.2) is 42.7 Å². The summed E-state index contributed by atoms with van der Waals surface area (Å²) in [5.41, 5.74) is 1.54. The molecule has 9 heteroatoms. The van der Waals surface area contributed by atoms with Crippen LogP contribution in [0, 0.1) is 11.8 Å². The molecule has 3 amide bonds. The molecule has 0 spiro atoms. The second-order valence-electron chi connectivity index (χ2n) is 9.49. The Balaban J connectivity index is 1.09. The van der Waals surface area contributed by atoms with Gasteiger partial charge in [0.2, 0.25) is 17.7 Å². The third-order valence-electron chi connectivity index (χ3n) is 7.28. The Morgan fingerprint density at radius 2 is 1.69 bits per heavy atom. The quantitative estimate of drug-likeness (QED) is 0.590. The Kier molecular flexibility index (Phi) is 7.03. The first-order chi connectivity index (χ1) is 17.1. The first kappa shape index (κ1) is 23.4. The van der Waals surface area contributed by atoms with E-state index in [9.17, 15) is 14.4 Å². The molecule has 184 valence electrons. The molecule has 2 unspecified atom stereocenters. The van der Waals surface area contributed by atoms with Crippen LogP contribution in [0.5, 0.6) is 5.88 Å². The lowest BCUT2D eigenvalue weighted by Gasteiger charge is -2.33. The first-order valence-electron chi connectivity index (χ1n) is 12.5. The molecule has 2 atom stereocenters.